The number of nitrogens with zero attached hydrogens (tertiary/aromatic N) is 15. The Hall–Kier alpha value is -14.9. The van der Waals surface area contributed by atoms with Crippen molar-refractivity contribution in [1.29, 1.82) is 47.4 Å². The molecule has 94 heavy (non-hydrogen) atoms. The Labute approximate surface area is 533 Å². The van der Waals surface area contributed by atoms with Crippen LogP contribution < -0.4 is 0 Å². The molecule has 16 aromatic rings. The third-order valence-electron chi connectivity index (χ3n) is 17.6. The second-order valence-corrected chi connectivity index (χ2v) is 22.5. The van der Waals surface area contributed by atoms with Gasteiger partial charge in [0.1, 0.15) is 11.6 Å². The smallest absolute Gasteiger partial charge is 0.164 e. The van der Waals surface area contributed by atoms with E-state index in [1.807, 2.05) is 129 Å². The highest BCUT2D eigenvalue weighted by Gasteiger charge is 2.37. The number of aromatic nitrogens is 6. The normalized spacial score (nSPS) is 11.1. The lowest BCUT2D eigenvalue weighted by atomic mass is 9.96. The van der Waals surface area contributed by atoms with Crippen molar-refractivity contribution in [2.45, 2.75) is 0 Å². The van der Waals surface area contributed by atoms with Gasteiger partial charge in [-0.3, -0.25) is 0 Å². The van der Waals surface area contributed by atoms with Gasteiger partial charge in [0.2, 0.25) is 0 Å². The Balaban J connectivity index is 1.29. The summed E-state index contributed by atoms with van der Waals surface area (Å²) in [5.74, 6) is 0.128. The number of rotatable bonds is 7. The molecule has 0 atom stereocenters. The molecule has 15 nitrogen and oxygen atoms in total. The molecule has 16 rings (SSSR count). The standard InChI is InChI=1S/C79H35N15/c80-36-45-11-19-66-55(27-45)56-28-46(37-81)12-20-67(56)91(66)75-63(44-88)76(92-68-21-13-47(38-82)29-57(68)58-30-48(39-83)14-22-69(58)92)78(94-72-25-17-51(42-86)33-61(72)62-34-52(43-87)18-26-73(62)94)77(93-70-23-15-49(40-84)31-59(70)60-32-50(41-85)16-24-71(60)93)74(75)79-89-64(53-7-3-1-4-8-53)35-65(90-79)54-9-5-2-6-10-54/h1-35H. The zero-order chi connectivity index (χ0) is 64.0. The lowest BCUT2D eigenvalue weighted by Gasteiger charge is -2.29. The fraction of sp³-hybridized carbons (Fsp3) is 0. The molecule has 0 saturated carbocycles. The zero-order valence-electron chi connectivity index (χ0n) is 48.9. The minimum absolute atomic E-state index is 0.0420. The van der Waals surface area contributed by atoms with Crippen LogP contribution in [0.5, 0.6) is 0 Å². The van der Waals surface area contributed by atoms with E-state index < -0.39 is 0 Å². The van der Waals surface area contributed by atoms with Gasteiger partial charge in [-0.05, 0) is 152 Å². The van der Waals surface area contributed by atoms with Crippen LogP contribution in [0.15, 0.2) is 212 Å². The van der Waals surface area contributed by atoms with E-state index in [9.17, 15) is 47.4 Å². The van der Waals surface area contributed by atoms with Crippen LogP contribution in [0.3, 0.4) is 0 Å². The molecule has 0 aliphatic rings. The number of benzene rings is 11. The number of hydrogen-bond donors (Lipinski definition) is 0. The van der Waals surface area contributed by atoms with Crippen LogP contribution in [0.4, 0.5) is 0 Å². The first-order valence-electron chi connectivity index (χ1n) is 29.4. The van der Waals surface area contributed by atoms with Crippen molar-refractivity contribution in [2.24, 2.45) is 0 Å². The van der Waals surface area contributed by atoms with Gasteiger partial charge in [-0.2, -0.15) is 47.4 Å². The molecule has 0 fully saturated rings. The van der Waals surface area contributed by atoms with Crippen molar-refractivity contribution in [3.8, 4) is 111 Å². The molecule has 0 saturated heterocycles. The molecule has 0 amide bonds. The molecule has 0 radical (unpaired) electrons. The van der Waals surface area contributed by atoms with Crippen LogP contribution in [0.1, 0.15) is 50.1 Å². The molecular formula is C79H35N15. The molecule has 426 valence electrons. The maximum absolute atomic E-state index is 13.2. The molecule has 0 aliphatic carbocycles. The van der Waals surface area contributed by atoms with Crippen molar-refractivity contribution >= 4 is 87.2 Å². The highest BCUT2D eigenvalue weighted by molar-refractivity contribution is 6.18. The first-order chi connectivity index (χ1) is 46.2. The fourth-order valence-electron chi connectivity index (χ4n) is 13.6. The van der Waals surface area contributed by atoms with Gasteiger partial charge in [0.05, 0.1) is 177 Å². The van der Waals surface area contributed by atoms with Crippen molar-refractivity contribution in [3.05, 3.63) is 262 Å². The van der Waals surface area contributed by atoms with E-state index in [4.69, 9.17) is 9.97 Å². The first kappa shape index (κ1) is 54.5. The predicted molar refractivity (Wildman–Crippen MR) is 358 cm³/mol. The van der Waals surface area contributed by atoms with E-state index in [-0.39, 0.29) is 28.3 Å². The molecule has 0 aliphatic heterocycles. The summed E-state index contributed by atoms with van der Waals surface area (Å²) in [6.45, 7) is 0. The summed E-state index contributed by atoms with van der Waals surface area (Å²) in [5, 5.41) is 103. The summed E-state index contributed by atoms with van der Waals surface area (Å²) >= 11 is 0. The quantitative estimate of drug-likeness (QED) is 0.145. The van der Waals surface area contributed by atoms with Crippen LogP contribution in [-0.4, -0.2) is 28.2 Å². The first-order valence-corrected chi connectivity index (χ1v) is 29.4. The molecule has 15 heteroatoms. The SMILES string of the molecule is N#Cc1ccc2c(c1)c1cc(C#N)ccc1n2-c1c(C#N)c(-n2c3ccc(C#N)cc3c3cc(C#N)ccc32)c(-n2c3ccc(C#N)cc3c3cc(C#N)ccc32)c(-n2c3ccc(C#N)cc3c3cc(C#N)ccc32)c1-c1nc(-c2ccccc2)cc(-c2ccccc2)n1. The fourth-order valence-corrected chi connectivity index (χ4v) is 13.6. The molecule has 0 unspecified atom stereocenters. The number of hydrogen-bond acceptors (Lipinski definition) is 11. The minimum atomic E-state index is 0.0420. The Morgan fingerprint density at radius 1 is 0.234 bits per heavy atom. The van der Waals surface area contributed by atoms with E-state index in [1.165, 1.54) is 0 Å². The third kappa shape index (κ3) is 8.08. The van der Waals surface area contributed by atoms with Gasteiger partial charge in [0.15, 0.2) is 5.82 Å². The summed E-state index contributed by atoms with van der Waals surface area (Å²) < 4.78 is 8.03. The van der Waals surface area contributed by atoms with Crippen LogP contribution >= 0.6 is 0 Å². The summed E-state index contributed by atoms with van der Waals surface area (Å²) in [4.78, 5) is 11.4. The van der Waals surface area contributed by atoms with Crippen molar-refractivity contribution in [1.82, 2.24) is 28.2 Å². The summed E-state index contributed by atoms with van der Waals surface area (Å²) in [7, 11) is 0. The van der Waals surface area contributed by atoms with Crippen molar-refractivity contribution < 1.29 is 0 Å². The lowest BCUT2D eigenvalue weighted by Crippen LogP contribution is -2.17. The number of fused-ring (bicyclic) bond motifs is 12. The molecule has 5 aromatic heterocycles. The molecule has 0 spiro atoms. The molecule has 0 N–H and O–H groups in total. The van der Waals surface area contributed by atoms with E-state index in [0.717, 1.165) is 11.1 Å². The minimum Gasteiger partial charge on any atom is -0.307 e. The monoisotopic (exact) mass is 1190 g/mol. The predicted octanol–water partition coefficient (Wildman–Crippen LogP) is 16.7. The zero-order valence-corrected chi connectivity index (χ0v) is 48.9. The largest absolute Gasteiger partial charge is 0.307 e. The third-order valence-corrected chi connectivity index (χ3v) is 17.6. The molecule has 11 aromatic carbocycles. The Morgan fingerprint density at radius 3 is 0.734 bits per heavy atom. The second-order valence-electron chi connectivity index (χ2n) is 22.5. The van der Waals surface area contributed by atoms with Crippen LogP contribution in [-0.2, 0) is 0 Å². The van der Waals surface area contributed by atoms with Gasteiger partial charge < -0.3 is 18.3 Å². The van der Waals surface area contributed by atoms with Crippen LogP contribution in [0.2, 0.25) is 0 Å². The number of nitriles is 9. The van der Waals surface area contributed by atoms with Gasteiger partial charge in [-0.15, -0.1) is 0 Å². The van der Waals surface area contributed by atoms with E-state index in [0.29, 0.717) is 154 Å². The summed E-state index contributed by atoms with van der Waals surface area (Å²) in [6, 6.07) is 85.2. The van der Waals surface area contributed by atoms with Gasteiger partial charge in [0.25, 0.3) is 0 Å². The second kappa shape index (κ2) is 21.2. The van der Waals surface area contributed by atoms with Gasteiger partial charge in [-0.25, -0.2) is 9.97 Å². The lowest BCUT2D eigenvalue weighted by molar-refractivity contribution is 1.02. The Bertz CT molecular complexity index is 6190. The Kier molecular flexibility index (Phi) is 12.3. The Morgan fingerprint density at radius 2 is 0.479 bits per heavy atom. The van der Waals surface area contributed by atoms with Crippen LogP contribution in [0, 0.1) is 102 Å². The highest BCUT2D eigenvalue weighted by Crippen LogP contribution is 2.52. The maximum Gasteiger partial charge on any atom is 0.164 e. The van der Waals surface area contributed by atoms with Gasteiger partial charge >= 0.3 is 0 Å². The topological polar surface area (TPSA) is 260 Å². The molecule has 0 bridgehead atoms. The van der Waals surface area contributed by atoms with Gasteiger partial charge in [0, 0.05) is 54.2 Å². The summed E-state index contributed by atoms with van der Waals surface area (Å²) in [6.07, 6.45) is 0. The summed E-state index contributed by atoms with van der Waals surface area (Å²) in [5.41, 5.74) is 11.0. The van der Waals surface area contributed by atoms with E-state index in [1.54, 1.807) is 97.1 Å². The average Bonchev–Trinajstić information content (AvgIpc) is 1.42. The van der Waals surface area contributed by atoms with Gasteiger partial charge in [-0.1, -0.05) is 60.7 Å². The van der Waals surface area contributed by atoms with Crippen molar-refractivity contribution in [3.63, 3.8) is 0 Å². The molecule has 5 heterocycles. The maximum atomic E-state index is 13.2. The highest BCUT2D eigenvalue weighted by atomic mass is 15.1. The van der Waals surface area contributed by atoms with E-state index >= 15 is 0 Å². The van der Waals surface area contributed by atoms with Crippen LogP contribution in [0.25, 0.3) is 144 Å². The molecular weight excluding hydrogens is 1160 g/mol. The van der Waals surface area contributed by atoms with E-state index in [2.05, 4.69) is 59.2 Å². The average molecular weight is 1190 g/mol. The van der Waals surface area contributed by atoms with Crippen molar-refractivity contribution in [2.75, 3.05) is 0 Å².